The smallest absolute Gasteiger partial charge is 0.148 e. The molecule has 4 nitrogen and oxygen atoms in total. The SMILES string of the molecule is CC(=O)[C@H](Cc1ccc(O)cc1)NN. The summed E-state index contributed by atoms with van der Waals surface area (Å²) < 4.78 is 0. The molecule has 1 aromatic carbocycles. The van der Waals surface area contributed by atoms with Crippen molar-refractivity contribution in [2.45, 2.75) is 19.4 Å². The Hall–Kier alpha value is -1.39. The second kappa shape index (κ2) is 4.74. The van der Waals surface area contributed by atoms with E-state index in [0.717, 1.165) is 5.56 Å². The molecule has 0 fully saturated rings. The Labute approximate surface area is 82.7 Å². The number of nitrogens with one attached hydrogen (secondary N) is 1. The van der Waals surface area contributed by atoms with E-state index in [-0.39, 0.29) is 17.6 Å². The van der Waals surface area contributed by atoms with E-state index in [1.165, 1.54) is 6.92 Å². The molecule has 14 heavy (non-hydrogen) atoms. The molecule has 1 aromatic rings. The fourth-order valence-corrected chi connectivity index (χ4v) is 1.19. The van der Waals surface area contributed by atoms with Gasteiger partial charge in [0.1, 0.15) is 11.5 Å². The summed E-state index contributed by atoms with van der Waals surface area (Å²) in [4.78, 5) is 11.1. The van der Waals surface area contributed by atoms with E-state index in [0.29, 0.717) is 6.42 Å². The summed E-state index contributed by atoms with van der Waals surface area (Å²) in [5, 5.41) is 9.05. The number of hydrogen-bond acceptors (Lipinski definition) is 4. The van der Waals surface area contributed by atoms with Crippen LogP contribution < -0.4 is 11.3 Å². The first-order valence-corrected chi connectivity index (χ1v) is 4.38. The molecule has 0 spiro atoms. The van der Waals surface area contributed by atoms with Crippen LogP contribution in [-0.4, -0.2) is 16.9 Å². The standard InChI is InChI=1S/C10H14N2O2/c1-7(13)10(12-11)6-8-2-4-9(14)5-3-8/h2-5,10,12,14H,6,11H2,1H3/t10-/m0/s1. The van der Waals surface area contributed by atoms with Crippen molar-refractivity contribution in [1.82, 2.24) is 5.43 Å². The van der Waals surface area contributed by atoms with Crippen LogP contribution >= 0.6 is 0 Å². The summed E-state index contributed by atoms with van der Waals surface area (Å²) in [5.41, 5.74) is 3.41. The number of ketones is 1. The lowest BCUT2D eigenvalue weighted by molar-refractivity contribution is -0.118. The van der Waals surface area contributed by atoms with Crippen molar-refractivity contribution in [3.63, 3.8) is 0 Å². The highest BCUT2D eigenvalue weighted by Gasteiger charge is 2.12. The number of phenolic OH excluding ortho intramolecular Hbond substituents is 1. The minimum Gasteiger partial charge on any atom is -0.508 e. The number of rotatable bonds is 4. The number of hydrazine groups is 1. The minimum atomic E-state index is -0.362. The maximum absolute atomic E-state index is 11.1. The third-order valence-corrected chi connectivity index (χ3v) is 2.07. The average molecular weight is 194 g/mol. The van der Waals surface area contributed by atoms with Gasteiger partial charge in [-0.05, 0) is 31.0 Å². The van der Waals surface area contributed by atoms with Crippen LogP contribution in [0.5, 0.6) is 5.75 Å². The molecule has 4 heteroatoms. The molecule has 0 radical (unpaired) electrons. The van der Waals surface area contributed by atoms with Crippen molar-refractivity contribution in [2.75, 3.05) is 0 Å². The van der Waals surface area contributed by atoms with E-state index in [9.17, 15) is 4.79 Å². The Balaban J connectivity index is 2.67. The third kappa shape index (κ3) is 2.83. The molecule has 4 N–H and O–H groups in total. The van der Waals surface area contributed by atoms with Crippen LogP contribution in [0.1, 0.15) is 12.5 Å². The van der Waals surface area contributed by atoms with Crippen molar-refractivity contribution in [3.05, 3.63) is 29.8 Å². The van der Waals surface area contributed by atoms with Gasteiger partial charge in [-0.2, -0.15) is 0 Å². The van der Waals surface area contributed by atoms with Crippen molar-refractivity contribution in [3.8, 4) is 5.75 Å². The lowest BCUT2D eigenvalue weighted by Crippen LogP contribution is -2.41. The van der Waals surface area contributed by atoms with Crippen LogP contribution in [-0.2, 0) is 11.2 Å². The van der Waals surface area contributed by atoms with E-state index >= 15 is 0 Å². The number of hydrogen-bond donors (Lipinski definition) is 3. The van der Waals surface area contributed by atoms with Crippen molar-refractivity contribution >= 4 is 5.78 Å². The van der Waals surface area contributed by atoms with Crippen molar-refractivity contribution in [2.24, 2.45) is 5.84 Å². The van der Waals surface area contributed by atoms with E-state index in [4.69, 9.17) is 10.9 Å². The van der Waals surface area contributed by atoms with Gasteiger partial charge >= 0.3 is 0 Å². The second-order valence-corrected chi connectivity index (χ2v) is 3.20. The van der Waals surface area contributed by atoms with Gasteiger partial charge in [0.15, 0.2) is 0 Å². The first kappa shape index (κ1) is 10.7. The molecule has 0 aliphatic rings. The predicted molar refractivity (Wildman–Crippen MR) is 53.6 cm³/mol. The summed E-state index contributed by atoms with van der Waals surface area (Å²) >= 11 is 0. The molecule has 1 rings (SSSR count). The van der Waals surface area contributed by atoms with E-state index < -0.39 is 0 Å². The molecule has 0 amide bonds. The molecule has 0 aliphatic heterocycles. The van der Waals surface area contributed by atoms with Gasteiger partial charge in [0.25, 0.3) is 0 Å². The third-order valence-electron chi connectivity index (χ3n) is 2.07. The largest absolute Gasteiger partial charge is 0.508 e. The van der Waals surface area contributed by atoms with Crippen molar-refractivity contribution in [1.29, 1.82) is 0 Å². The van der Waals surface area contributed by atoms with Gasteiger partial charge < -0.3 is 5.11 Å². The number of carbonyl (C=O) groups excluding carboxylic acids is 1. The molecule has 0 aliphatic carbocycles. The normalized spacial score (nSPS) is 12.4. The zero-order chi connectivity index (χ0) is 10.6. The molecular weight excluding hydrogens is 180 g/mol. The molecule has 0 bridgehead atoms. The van der Waals surface area contributed by atoms with E-state index in [1.807, 2.05) is 0 Å². The van der Waals surface area contributed by atoms with Crippen LogP contribution in [0.25, 0.3) is 0 Å². The molecule has 0 saturated heterocycles. The Morgan fingerprint density at radius 2 is 2.07 bits per heavy atom. The zero-order valence-electron chi connectivity index (χ0n) is 8.03. The minimum absolute atomic E-state index is 0.000532. The maximum atomic E-state index is 11.1. The maximum Gasteiger partial charge on any atom is 0.148 e. The predicted octanol–water partition coefficient (Wildman–Crippen LogP) is 0.356. The summed E-state index contributed by atoms with van der Waals surface area (Å²) in [5.74, 6) is 5.45. The van der Waals surface area contributed by atoms with Gasteiger partial charge in [-0.15, -0.1) is 0 Å². The summed E-state index contributed by atoms with van der Waals surface area (Å²) in [6.07, 6.45) is 0.534. The molecular formula is C10H14N2O2. The molecule has 1 atom stereocenters. The molecule has 0 heterocycles. The van der Waals surface area contributed by atoms with Crippen LogP contribution in [0, 0.1) is 0 Å². The van der Waals surface area contributed by atoms with Gasteiger partial charge in [0.2, 0.25) is 0 Å². The van der Waals surface area contributed by atoms with Crippen LogP contribution in [0.4, 0.5) is 0 Å². The Morgan fingerprint density at radius 1 is 1.50 bits per heavy atom. The van der Waals surface area contributed by atoms with Gasteiger partial charge in [0.05, 0.1) is 6.04 Å². The molecule has 0 aromatic heterocycles. The van der Waals surface area contributed by atoms with Gasteiger partial charge in [-0.25, -0.2) is 5.43 Å². The first-order valence-electron chi connectivity index (χ1n) is 4.38. The highest BCUT2D eigenvalue weighted by molar-refractivity contribution is 5.81. The van der Waals surface area contributed by atoms with Crippen LogP contribution in [0.15, 0.2) is 24.3 Å². The Kier molecular flexibility index (Phi) is 3.62. The summed E-state index contributed by atoms with van der Waals surface area (Å²) in [6, 6.07) is 6.34. The Morgan fingerprint density at radius 3 is 2.50 bits per heavy atom. The number of carbonyl (C=O) groups is 1. The zero-order valence-corrected chi connectivity index (χ0v) is 8.03. The van der Waals surface area contributed by atoms with Crippen LogP contribution in [0.3, 0.4) is 0 Å². The Bertz CT molecular complexity index is 308. The second-order valence-electron chi connectivity index (χ2n) is 3.20. The first-order chi connectivity index (χ1) is 6.63. The molecule has 0 unspecified atom stereocenters. The summed E-state index contributed by atoms with van der Waals surface area (Å²) in [7, 11) is 0. The molecule has 0 saturated carbocycles. The topological polar surface area (TPSA) is 75.3 Å². The highest BCUT2D eigenvalue weighted by atomic mass is 16.3. The summed E-state index contributed by atoms with van der Waals surface area (Å²) in [6.45, 7) is 1.49. The van der Waals surface area contributed by atoms with Crippen molar-refractivity contribution < 1.29 is 9.90 Å². The fraction of sp³-hybridized carbons (Fsp3) is 0.300. The number of nitrogens with two attached hydrogens (primary N) is 1. The molecule has 76 valence electrons. The highest BCUT2D eigenvalue weighted by Crippen LogP contribution is 2.11. The number of aromatic hydroxyl groups is 1. The van der Waals surface area contributed by atoms with Gasteiger partial charge in [-0.1, -0.05) is 12.1 Å². The number of benzene rings is 1. The van der Waals surface area contributed by atoms with E-state index in [2.05, 4.69) is 5.43 Å². The van der Waals surface area contributed by atoms with E-state index in [1.54, 1.807) is 24.3 Å². The quantitative estimate of drug-likeness (QED) is 0.477. The fourth-order valence-electron chi connectivity index (χ4n) is 1.19. The number of Topliss-reactive ketones (excluding diaryl/α,β-unsaturated/α-hetero) is 1. The van der Waals surface area contributed by atoms with Crippen LogP contribution in [0.2, 0.25) is 0 Å². The monoisotopic (exact) mass is 194 g/mol. The number of phenols is 1. The van der Waals surface area contributed by atoms with Gasteiger partial charge in [0, 0.05) is 0 Å². The lowest BCUT2D eigenvalue weighted by atomic mass is 10.0. The van der Waals surface area contributed by atoms with Gasteiger partial charge in [-0.3, -0.25) is 10.6 Å². The average Bonchev–Trinajstić information content (AvgIpc) is 2.16. The lowest BCUT2D eigenvalue weighted by Gasteiger charge is -2.11.